The third-order valence-corrected chi connectivity index (χ3v) is 5.05. The second kappa shape index (κ2) is 8.49. The Balaban J connectivity index is 2.55. The Labute approximate surface area is 172 Å². The summed E-state index contributed by atoms with van der Waals surface area (Å²) in [4.78, 5) is 6.67. The molecule has 0 spiro atoms. The Hall–Kier alpha value is -2.47. The lowest BCUT2D eigenvalue weighted by molar-refractivity contribution is -0.139. The van der Waals surface area contributed by atoms with Crippen molar-refractivity contribution < 1.29 is 26.7 Å². The van der Waals surface area contributed by atoms with Crippen molar-refractivity contribution in [3.05, 3.63) is 33.9 Å². The molecule has 0 aliphatic rings. The van der Waals surface area contributed by atoms with Crippen molar-refractivity contribution in [3.8, 4) is 6.07 Å². The molecule has 0 saturated heterocycles. The third-order valence-electron chi connectivity index (χ3n) is 3.46. The molecule has 0 bridgehead atoms. The van der Waals surface area contributed by atoms with Crippen molar-refractivity contribution >= 4 is 43.4 Å². The van der Waals surface area contributed by atoms with Gasteiger partial charge in [0.05, 0.1) is 22.2 Å². The molecule has 0 unspecified atom stereocenters. The summed E-state index contributed by atoms with van der Waals surface area (Å²) in [6.45, 7) is 1.47. The average Bonchev–Trinajstić information content (AvgIpc) is 2.61. The lowest BCUT2D eigenvalue weighted by Crippen LogP contribution is -2.21. The number of nitrogens with two attached hydrogens (primary N) is 1. The molecule has 5 N–H and O–H groups in total. The minimum atomic E-state index is -5.09. The number of anilines is 3. The smallest absolute Gasteiger partial charge is 0.394 e. The first kappa shape index (κ1) is 22.8. The number of halogens is 4. The van der Waals surface area contributed by atoms with E-state index in [4.69, 9.17) is 15.5 Å². The molecule has 0 aliphatic carbocycles. The predicted molar refractivity (Wildman–Crippen MR) is 101 cm³/mol. The third kappa shape index (κ3) is 5.54. The van der Waals surface area contributed by atoms with Crippen LogP contribution in [-0.2, 0) is 16.2 Å². The van der Waals surface area contributed by atoms with Gasteiger partial charge in [-0.05, 0) is 35.0 Å². The fourth-order valence-electron chi connectivity index (χ4n) is 2.24. The minimum absolute atomic E-state index is 0.138. The van der Waals surface area contributed by atoms with Crippen molar-refractivity contribution in [1.82, 2.24) is 9.97 Å². The number of nitrogens with zero attached hydrogens (tertiary/aromatic N) is 3. The van der Waals surface area contributed by atoms with Crippen LogP contribution in [0.15, 0.2) is 27.7 Å². The van der Waals surface area contributed by atoms with Gasteiger partial charge in [-0.2, -0.15) is 23.4 Å². The molecule has 0 amide bonds. The molecule has 1 atom stereocenters. The SMILES string of the molecule is C[C@H](CO)Nc1nc(Nc2cc(C#N)c(S(N)(=O)=O)c(C(F)(F)F)c2)ncc1Br. The predicted octanol–water partition coefficient (Wildman–Crippen LogP) is 2.31. The number of aliphatic hydroxyl groups is 1. The Morgan fingerprint density at radius 2 is 2.07 bits per heavy atom. The number of aromatic nitrogens is 2. The first-order valence-electron chi connectivity index (χ1n) is 7.72. The molecule has 14 heteroatoms. The van der Waals surface area contributed by atoms with Gasteiger partial charge in [0.1, 0.15) is 16.8 Å². The molecule has 1 heterocycles. The minimum Gasteiger partial charge on any atom is -0.394 e. The van der Waals surface area contributed by atoms with Crippen LogP contribution in [0.3, 0.4) is 0 Å². The van der Waals surface area contributed by atoms with E-state index in [1.165, 1.54) is 12.3 Å². The Kier molecular flexibility index (Phi) is 6.68. The maximum atomic E-state index is 13.4. The fraction of sp³-hybridized carbons (Fsp3) is 0.267. The highest BCUT2D eigenvalue weighted by Gasteiger charge is 2.38. The highest BCUT2D eigenvalue weighted by molar-refractivity contribution is 9.10. The molecule has 1 aromatic heterocycles. The van der Waals surface area contributed by atoms with Gasteiger partial charge in [-0.3, -0.25) is 0 Å². The van der Waals surface area contributed by atoms with Gasteiger partial charge in [-0.1, -0.05) is 0 Å². The molecule has 0 saturated carbocycles. The number of rotatable bonds is 6. The number of nitrogens with one attached hydrogen (secondary N) is 2. The Bertz CT molecular complexity index is 1070. The lowest BCUT2D eigenvalue weighted by Gasteiger charge is -2.16. The highest BCUT2D eigenvalue weighted by atomic mass is 79.9. The summed E-state index contributed by atoms with van der Waals surface area (Å²) in [6.07, 6.45) is -3.77. The van der Waals surface area contributed by atoms with Gasteiger partial charge < -0.3 is 15.7 Å². The molecule has 9 nitrogen and oxygen atoms in total. The number of primary sulfonamides is 1. The number of alkyl halides is 3. The van der Waals surface area contributed by atoms with Crippen LogP contribution < -0.4 is 15.8 Å². The summed E-state index contributed by atoms with van der Waals surface area (Å²) >= 11 is 3.20. The standard InChI is InChI=1S/C15H14BrF3N6O3S/c1-7(6-26)23-13-11(16)5-22-14(25-13)24-9-2-8(4-20)12(29(21,27)28)10(3-9)15(17,18)19/h2-3,5,7,26H,6H2,1H3,(H2,21,27,28)(H2,22,23,24,25)/t7-/m1/s1. The van der Waals surface area contributed by atoms with Crippen LogP contribution in [0.2, 0.25) is 0 Å². The van der Waals surface area contributed by atoms with Crippen molar-refractivity contribution in [1.29, 1.82) is 5.26 Å². The Morgan fingerprint density at radius 1 is 1.41 bits per heavy atom. The van der Waals surface area contributed by atoms with Gasteiger partial charge in [0, 0.05) is 17.9 Å². The molecule has 29 heavy (non-hydrogen) atoms. The molecular weight excluding hydrogens is 481 g/mol. The van der Waals surface area contributed by atoms with E-state index in [2.05, 4.69) is 36.5 Å². The second-order valence-corrected chi connectivity index (χ2v) is 8.15. The molecule has 2 rings (SSSR count). The molecule has 156 valence electrons. The summed E-state index contributed by atoms with van der Waals surface area (Å²) < 4.78 is 63.8. The maximum absolute atomic E-state index is 13.4. The topological polar surface area (TPSA) is 154 Å². The number of nitriles is 1. The van der Waals surface area contributed by atoms with E-state index in [9.17, 15) is 21.6 Å². The van der Waals surface area contributed by atoms with Crippen molar-refractivity contribution in [2.75, 3.05) is 17.2 Å². The van der Waals surface area contributed by atoms with Crippen molar-refractivity contribution in [2.45, 2.75) is 24.0 Å². The number of sulfonamides is 1. The van der Waals surface area contributed by atoms with E-state index in [1.807, 2.05) is 0 Å². The maximum Gasteiger partial charge on any atom is 0.417 e. The zero-order valence-corrected chi connectivity index (χ0v) is 17.0. The second-order valence-electron chi connectivity index (χ2n) is 5.80. The van der Waals surface area contributed by atoms with Crippen molar-refractivity contribution in [3.63, 3.8) is 0 Å². The fourth-order valence-corrected chi connectivity index (χ4v) is 3.44. The normalized spacial score (nSPS) is 12.9. The van der Waals surface area contributed by atoms with Crippen LogP contribution in [0.5, 0.6) is 0 Å². The van der Waals surface area contributed by atoms with Gasteiger partial charge in [-0.15, -0.1) is 0 Å². The van der Waals surface area contributed by atoms with Crippen LogP contribution in [0, 0.1) is 11.3 Å². The summed E-state index contributed by atoms with van der Waals surface area (Å²) in [6, 6.07) is 2.43. The molecule has 2 aromatic rings. The van der Waals surface area contributed by atoms with Gasteiger partial charge in [0.2, 0.25) is 16.0 Å². The summed E-state index contributed by atoms with van der Waals surface area (Å²) in [7, 11) is -4.82. The van der Waals surface area contributed by atoms with E-state index < -0.39 is 32.2 Å². The number of aliphatic hydroxyl groups excluding tert-OH is 1. The van der Waals surface area contributed by atoms with Crippen LogP contribution in [0.25, 0.3) is 0 Å². The van der Waals surface area contributed by atoms with E-state index in [0.717, 1.165) is 6.07 Å². The molecular formula is C15H14BrF3N6O3S. The van der Waals surface area contributed by atoms with E-state index >= 15 is 0 Å². The van der Waals surface area contributed by atoms with Crippen LogP contribution in [-0.4, -0.2) is 36.1 Å². The average molecular weight is 495 g/mol. The molecule has 0 radical (unpaired) electrons. The highest BCUT2D eigenvalue weighted by Crippen LogP contribution is 2.38. The lowest BCUT2D eigenvalue weighted by atomic mass is 10.1. The monoisotopic (exact) mass is 494 g/mol. The molecule has 1 aromatic carbocycles. The van der Waals surface area contributed by atoms with Gasteiger partial charge in [-0.25, -0.2) is 18.5 Å². The number of benzene rings is 1. The molecule has 0 fully saturated rings. The first-order chi connectivity index (χ1) is 13.4. The van der Waals surface area contributed by atoms with Crippen LogP contribution in [0.4, 0.5) is 30.6 Å². The van der Waals surface area contributed by atoms with Gasteiger partial charge >= 0.3 is 6.18 Å². The van der Waals surface area contributed by atoms with Crippen LogP contribution >= 0.6 is 15.9 Å². The number of hydrogen-bond donors (Lipinski definition) is 4. The largest absolute Gasteiger partial charge is 0.417 e. The number of hydrogen-bond acceptors (Lipinski definition) is 8. The quantitative estimate of drug-likeness (QED) is 0.476. The zero-order chi connectivity index (χ0) is 22.0. The molecule has 0 aliphatic heterocycles. The van der Waals surface area contributed by atoms with Gasteiger partial charge in [0.25, 0.3) is 0 Å². The summed E-state index contributed by atoms with van der Waals surface area (Å²) in [5, 5.41) is 28.5. The summed E-state index contributed by atoms with van der Waals surface area (Å²) in [5.74, 6) is 0.114. The van der Waals surface area contributed by atoms with E-state index in [1.54, 1.807) is 6.92 Å². The van der Waals surface area contributed by atoms with Gasteiger partial charge in [0.15, 0.2) is 0 Å². The first-order valence-corrected chi connectivity index (χ1v) is 10.1. The van der Waals surface area contributed by atoms with E-state index in [-0.39, 0.29) is 30.1 Å². The summed E-state index contributed by atoms with van der Waals surface area (Å²) in [5.41, 5.74) is -2.65. The van der Waals surface area contributed by atoms with E-state index in [0.29, 0.717) is 10.5 Å². The van der Waals surface area contributed by atoms with Crippen molar-refractivity contribution in [2.24, 2.45) is 5.14 Å². The van der Waals surface area contributed by atoms with Crippen LogP contribution in [0.1, 0.15) is 18.1 Å². The zero-order valence-electron chi connectivity index (χ0n) is 14.6. The Morgan fingerprint density at radius 3 is 2.59 bits per heavy atom.